The Morgan fingerprint density at radius 3 is 2.67 bits per heavy atom. The molecule has 1 heterocycles. The minimum Gasteiger partial charge on any atom is -0.750 e. The zero-order chi connectivity index (χ0) is 8.97. The van der Waals surface area contributed by atoms with E-state index in [2.05, 4.69) is 14.2 Å². The zero-order valence-corrected chi connectivity index (χ0v) is 7.34. The number of rotatable bonds is 3. The molecule has 0 fully saturated rings. The van der Waals surface area contributed by atoms with Gasteiger partial charge in [-0.3, -0.25) is 4.18 Å². The highest BCUT2D eigenvalue weighted by Gasteiger charge is 1.95. The topological polar surface area (TPSA) is 75.1 Å². The lowest BCUT2D eigenvalue weighted by Crippen LogP contribution is -2.00. The van der Waals surface area contributed by atoms with Gasteiger partial charge >= 0.3 is 0 Å². The van der Waals surface area contributed by atoms with Gasteiger partial charge in [0.2, 0.25) is 0 Å². The van der Waals surface area contributed by atoms with E-state index in [0.717, 1.165) is 0 Å². The van der Waals surface area contributed by atoms with E-state index in [-0.39, 0.29) is 12.4 Å². The lowest BCUT2D eigenvalue weighted by molar-refractivity contribution is 0.282. The molecular weight excluding hydrogens is 204 g/mol. The summed E-state index contributed by atoms with van der Waals surface area (Å²) in [6.07, 6.45) is 2.72. The Labute approximate surface area is 76.2 Å². The van der Waals surface area contributed by atoms with E-state index in [0.29, 0.717) is 5.02 Å². The van der Waals surface area contributed by atoms with Crippen molar-refractivity contribution in [1.29, 1.82) is 0 Å². The molecule has 12 heavy (non-hydrogen) atoms. The van der Waals surface area contributed by atoms with E-state index >= 15 is 0 Å². The van der Waals surface area contributed by atoms with Crippen LogP contribution < -0.4 is 0 Å². The predicted octanol–water partition coefficient (Wildman–Crippen LogP) is 0.441. The maximum absolute atomic E-state index is 9.94. The molecule has 0 bridgehead atoms. The minimum absolute atomic E-state index is 0.173. The Balaban J connectivity index is 2.53. The van der Waals surface area contributed by atoms with E-state index in [9.17, 15) is 8.76 Å². The first-order valence-corrected chi connectivity index (χ1v) is 4.25. The van der Waals surface area contributed by atoms with Gasteiger partial charge in [-0.25, -0.2) is 14.2 Å². The molecule has 1 rings (SSSR count). The van der Waals surface area contributed by atoms with Gasteiger partial charge in [0.05, 0.1) is 16.4 Å². The molecule has 0 saturated heterocycles. The summed E-state index contributed by atoms with van der Waals surface area (Å²) in [5.74, 6) is 0.267. The Bertz CT molecular complexity index is 279. The van der Waals surface area contributed by atoms with Gasteiger partial charge in [-0.15, -0.1) is 0 Å². The van der Waals surface area contributed by atoms with Crippen LogP contribution in [0.4, 0.5) is 0 Å². The van der Waals surface area contributed by atoms with E-state index in [1.807, 2.05) is 0 Å². The van der Waals surface area contributed by atoms with Gasteiger partial charge in [-0.2, -0.15) is 0 Å². The fourth-order valence-corrected chi connectivity index (χ4v) is 0.814. The minimum atomic E-state index is -2.53. The third-order valence-corrected chi connectivity index (χ3v) is 1.46. The van der Waals surface area contributed by atoms with Gasteiger partial charge in [0.15, 0.2) is 5.82 Å². The average molecular weight is 208 g/mol. The summed E-state index contributed by atoms with van der Waals surface area (Å²) in [6.45, 7) is -0.173. The molecule has 1 aromatic heterocycles. The second kappa shape index (κ2) is 4.46. The van der Waals surface area contributed by atoms with Crippen molar-refractivity contribution in [2.45, 2.75) is 6.61 Å². The first-order valence-electron chi connectivity index (χ1n) is 2.87. The summed E-state index contributed by atoms with van der Waals surface area (Å²) in [7, 11) is 0. The second-order valence-electron chi connectivity index (χ2n) is 1.78. The van der Waals surface area contributed by atoms with Crippen molar-refractivity contribution < 1.29 is 12.9 Å². The van der Waals surface area contributed by atoms with Crippen molar-refractivity contribution in [3.63, 3.8) is 0 Å². The molecule has 0 amide bonds. The lowest BCUT2D eigenvalue weighted by atomic mass is 10.6. The van der Waals surface area contributed by atoms with Crippen molar-refractivity contribution in [1.82, 2.24) is 9.97 Å². The summed E-state index contributed by atoms with van der Waals surface area (Å²) in [6, 6.07) is 0. The van der Waals surface area contributed by atoms with Crippen molar-refractivity contribution in [3.8, 4) is 0 Å². The highest BCUT2D eigenvalue weighted by Crippen LogP contribution is 2.03. The molecule has 1 unspecified atom stereocenters. The standard InChI is InChI=1S/C5H5ClN2O3S/c6-4-1-7-5(8-2-4)3-11-12(9)10/h1-2H,3H2,(H,9,10)/p-1. The van der Waals surface area contributed by atoms with Crippen LogP contribution in [-0.4, -0.2) is 18.7 Å². The van der Waals surface area contributed by atoms with Crippen molar-refractivity contribution in [3.05, 3.63) is 23.2 Å². The fourth-order valence-electron chi connectivity index (χ4n) is 0.514. The molecule has 0 aromatic carbocycles. The van der Waals surface area contributed by atoms with Crippen LogP contribution in [0.15, 0.2) is 12.4 Å². The maximum Gasteiger partial charge on any atom is 0.155 e. The molecule has 1 atom stereocenters. The van der Waals surface area contributed by atoms with Gasteiger partial charge in [0, 0.05) is 12.4 Å². The molecule has 0 aliphatic carbocycles. The van der Waals surface area contributed by atoms with Crippen molar-refractivity contribution in [2.75, 3.05) is 0 Å². The molecule has 0 N–H and O–H groups in total. The number of hydrogen-bond donors (Lipinski definition) is 0. The van der Waals surface area contributed by atoms with Crippen LogP contribution in [0.3, 0.4) is 0 Å². The van der Waals surface area contributed by atoms with Crippen molar-refractivity contribution in [2.24, 2.45) is 0 Å². The third-order valence-electron chi connectivity index (χ3n) is 0.958. The Hall–Kier alpha value is -0.560. The molecular formula is C5H4ClN2O3S-. The van der Waals surface area contributed by atoms with Gasteiger partial charge < -0.3 is 4.55 Å². The fraction of sp³-hybridized carbons (Fsp3) is 0.200. The lowest BCUT2D eigenvalue weighted by Gasteiger charge is -2.03. The van der Waals surface area contributed by atoms with Crippen LogP contribution in [-0.2, 0) is 22.2 Å². The molecule has 7 heteroatoms. The number of aromatic nitrogens is 2. The Kier molecular flexibility index (Phi) is 3.54. The summed E-state index contributed by atoms with van der Waals surface area (Å²) >= 11 is 2.95. The van der Waals surface area contributed by atoms with Gasteiger partial charge in [0.1, 0.15) is 6.61 Å². The number of halogens is 1. The van der Waals surface area contributed by atoms with Gasteiger partial charge in [-0.05, 0) is 0 Å². The Morgan fingerprint density at radius 1 is 1.58 bits per heavy atom. The molecule has 66 valence electrons. The van der Waals surface area contributed by atoms with E-state index in [1.165, 1.54) is 12.4 Å². The average Bonchev–Trinajstić information content (AvgIpc) is 2.03. The predicted molar refractivity (Wildman–Crippen MR) is 40.8 cm³/mol. The molecule has 0 radical (unpaired) electrons. The molecule has 0 aliphatic rings. The van der Waals surface area contributed by atoms with Crippen LogP contribution in [0.1, 0.15) is 5.82 Å². The Morgan fingerprint density at radius 2 is 2.17 bits per heavy atom. The summed E-state index contributed by atoms with van der Waals surface area (Å²) < 4.78 is 24.1. The first kappa shape index (κ1) is 9.53. The highest BCUT2D eigenvalue weighted by molar-refractivity contribution is 7.74. The molecule has 0 saturated carbocycles. The van der Waals surface area contributed by atoms with Crippen LogP contribution in [0.2, 0.25) is 5.02 Å². The number of nitrogens with zero attached hydrogens (tertiary/aromatic N) is 2. The number of hydrogen-bond acceptors (Lipinski definition) is 5. The summed E-state index contributed by atoms with van der Waals surface area (Å²) in [5, 5.41) is 0.391. The van der Waals surface area contributed by atoms with Crippen LogP contribution in [0.5, 0.6) is 0 Å². The molecule has 5 nitrogen and oxygen atoms in total. The maximum atomic E-state index is 9.94. The summed E-state index contributed by atoms with van der Waals surface area (Å²) in [5.41, 5.74) is 0. The summed E-state index contributed by atoms with van der Waals surface area (Å²) in [4.78, 5) is 7.42. The molecule has 0 spiro atoms. The smallest absolute Gasteiger partial charge is 0.155 e. The van der Waals surface area contributed by atoms with E-state index < -0.39 is 11.4 Å². The monoisotopic (exact) mass is 207 g/mol. The zero-order valence-electron chi connectivity index (χ0n) is 5.77. The molecule has 0 aliphatic heterocycles. The molecule has 1 aromatic rings. The van der Waals surface area contributed by atoms with Crippen LogP contribution in [0, 0.1) is 0 Å². The largest absolute Gasteiger partial charge is 0.750 e. The van der Waals surface area contributed by atoms with E-state index in [1.54, 1.807) is 0 Å². The second-order valence-corrected chi connectivity index (χ2v) is 2.86. The van der Waals surface area contributed by atoms with Crippen LogP contribution in [0.25, 0.3) is 0 Å². The first-order chi connectivity index (χ1) is 5.68. The van der Waals surface area contributed by atoms with Crippen LogP contribution >= 0.6 is 11.6 Å². The van der Waals surface area contributed by atoms with Crippen molar-refractivity contribution >= 4 is 23.0 Å². The SMILES string of the molecule is O=S([O-])OCc1ncc(Cl)cn1. The third kappa shape index (κ3) is 3.22. The highest BCUT2D eigenvalue weighted by atomic mass is 35.5. The van der Waals surface area contributed by atoms with Gasteiger partial charge in [0.25, 0.3) is 0 Å². The van der Waals surface area contributed by atoms with Gasteiger partial charge in [-0.1, -0.05) is 11.6 Å². The van der Waals surface area contributed by atoms with E-state index in [4.69, 9.17) is 11.6 Å². The normalized spacial score (nSPS) is 12.8. The quantitative estimate of drug-likeness (QED) is 0.673.